The van der Waals surface area contributed by atoms with E-state index in [0.717, 1.165) is 32.0 Å². The molecule has 1 aromatic rings. The van der Waals surface area contributed by atoms with Gasteiger partial charge in [0.05, 0.1) is 6.10 Å². The molecule has 1 aliphatic rings. The van der Waals surface area contributed by atoms with Crippen molar-refractivity contribution in [3.05, 3.63) is 35.4 Å². The average molecular weight is 283 g/mol. The number of benzene rings is 1. The molecule has 20 heavy (non-hydrogen) atoms. The topological polar surface area (TPSA) is 23.5 Å². The largest absolute Gasteiger partial charge is 0.388 e. The van der Waals surface area contributed by atoms with Gasteiger partial charge in [0.2, 0.25) is 0 Å². The average Bonchev–Trinajstić information content (AvgIpc) is 2.37. The van der Waals surface area contributed by atoms with Gasteiger partial charge in [0.25, 0.3) is 0 Å². The first kappa shape index (κ1) is 15.4. The van der Waals surface area contributed by atoms with Crippen LogP contribution >= 0.6 is 0 Å². The van der Waals surface area contributed by atoms with Crippen molar-refractivity contribution in [2.75, 3.05) is 13.1 Å². The Morgan fingerprint density at radius 2 is 1.80 bits per heavy atom. The summed E-state index contributed by atoms with van der Waals surface area (Å²) >= 11 is 0. The predicted octanol–water partition coefficient (Wildman–Crippen LogP) is 3.51. The molecule has 1 aromatic carbocycles. The predicted molar refractivity (Wildman–Crippen MR) is 75.4 cm³/mol. The number of nitrogens with zero attached hydrogens (tertiary/aromatic N) is 1. The standard InChI is InChI=1S/C16H23F2NO/c1-16(2,3)19-8-6-11(7-9-19)15(20)13-5-4-12(17)10-14(13)18/h4-5,10-11,15,20H,6-9H2,1-3H3. The van der Waals surface area contributed by atoms with Crippen LogP contribution in [0.2, 0.25) is 0 Å². The molecular weight excluding hydrogens is 260 g/mol. The summed E-state index contributed by atoms with van der Waals surface area (Å²) in [5, 5.41) is 10.3. The van der Waals surface area contributed by atoms with Crippen molar-refractivity contribution in [1.29, 1.82) is 0 Å². The number of hydrogen-bond donors (Lipinski definition) is 1. The Hall–Kier alpha value is -1.00. The van der Waals surface area contributed by atoms with Crippen LogP contribution in [0.1, 0.15) is 45.3 Å². The van der Waals surface area contributed by atoms with Crippen LogP contribution in [0.25, 0.3) is 0 Å². The maximum atomic E-state index is 13.7. The van der Waals surface area contributed by atoms with E-state index in [2.05, 4.69) is 25.7 Å². The van der Waals surface area contributed by atoms with Gasteiger partial charge >= 0.3 is 0 Å². The minimum Gasteiger partial charge on any atom is -0.388 e. The zero-order valence-corrected chi connectivity index (χ0v) is 12.4. The van der Waals surface area contributed by atoms with Crippen molar-refractivity contribution < 1.29 is 13.9 Å². The lowest BCUT2D eigenvalue weighted by atomic mass is 9.86. The van der Waals surface area contributed by atoms with Crippen molar-refractivity contribution in [1.82, 2.24) is 4.90 Å². The fraction of sp³-hybridized carbons (Fsp3) is 0.625. The van der Waals surface area contributed by atoms with Crippen LogP contribution in [0.5, 0.6) is 0 Å². The van der Waals surface area contributed by atoms with Gasteiger partial charge < -0.3 is 5.11 Å². The Kier molecular flexibility index (Phi) is 4.45. The van der Waals surface area contributed by atoms with Crippen LogP contribution < -0.4 is 0 Å². The lowest BCUT2D eigenvalue weighted by Crippen LogP contribution is -2.46. The van der Waals surface area contributed by atoms with Gasteiger partial charge in [-0.1, -0.05) is 6.07 Å². The summed E-state index contributed by atoms with van der Waals surface area (Å²) in [6.07, 6.45) is 0.808. The van der Waals surface area contributed by atoms with Crippen LogP contribution in [0.4, 0.5) is 8.78 Å². The van der Waals surface area contributed by atoms with Crippen LogP contribution in [-0.2, 0) is 0 Å². The Bertz CT molecular complexity index is 462. The van der Waals surface area contributed by atoms with Gasteiger partial charge in [-0.3, -0.25) is 4.90 Å². The number of halogens is 2. The molecule has 0 aromatic heterocycles. The first-order valence-corrected chi connectivity index (χ1v) is 7.17. The molecule has 112 valence electrons. The first-order chi connectivity index (χ1) is 9.29. The highest BCUT2D eigenvalue weighted by Crippen LogP contribution is 2.33. The molecular formula is C16H23F2NO. The molecule has 0 aliphatic carbocycles. The summed E-state index contributed by atoms with van der Waals surface area (Å²) in [6.45, 7) is 8.30. The number of likely N-dealkylation sites (tertiary alicyclic amines) is 1. The van der Waals surface area contributed by atoms with Crippen molar-refractivity contribution >= 4 is 0 Å². The van der Waals surface area contributed by atoms with Crippen molar-refractivity contribution in [2.24, 2.45) is 5.92 Å². The summed E-state index contributed by atoms with van der Waals surface area (Å²) < 4.78 is 26.6. The van der Waals surface area contributed by atoms with E-state index in [1.807, 2.05) is 0 Å². The quantitative estimate of drug-likeness (QED) is 0.898. The van der Waals surface area contributed by atoms with Crippen molar-refractivity contribution in [3.63, 3.8) is 0 Å². The van der Waals surface area contributed by atoms with E-state index in [9.17, 15) is 13.9 Å². The van der Waals surface area contributed by atoms with Gasteiger partial charge in [0.1, 0.15) is 11.6 Å². The van der Waals surface area contributed by atoms with Gasteiger partial charge in [-0.05, 0) is 58.7 Å². The molecule has 1 N–H and O–H groups in total. The second-order valence-corrected chi connectivity index (χ2v) is 6.61. The second kappa shape index (κ2) is 5.78. The number of aliphatic hydroxyl groups excluding tert-OH is 1. The Balaban J connectivity index is 2.03. The summed E-state index contributed by atoms with van der Waals surface area (Å²) in [7, 11) is 0. The number of aliphatic hydroxyl groups is 1. The maximum absolute atomic E-state index is 13.7. The highest BCUT2D eigenvalue weighted by atomic mass is 19.1. The second-order valence-electron chi connectivity index (χ2n) is 6.61. The van der Waals surface area contributed by atoms with Crippen LogP contribution in [0.15, 0.2) is 18.2 Å². The fourth-order valence-corrected chi connectivity index (χ4v) is 2.88. The molecule has 0 radical (unpaired) electrons. The van der Waals surface area contributed by atoms with Gasteiger partial charge in [-0.2, -0.15) is 0 Å². The zero-order valence-electron chi connectivity index (χ0n) is 12.4. The van der Waals surface area contributed by atoms with Crippen molar-refractivity contribution in [3.8, 4) is 0 Å². The third-order valence-corrected chi connectivity index (χ3v) is 4.22. The Morgan fingerprint density at radius 3 is 2.30 bits per heavy atom. The molecule has 0 bridgehead atoms. The molecule has 2 rings (SSSR count). The molecule has 2 nitrogen and oxygen atoms in total. The summed E-state index contributed by atoms with van der Waals surface area (Å²) in [6, 6.07) is 3.39. The van der Waals surface area contributed by atoms with Crippen LogP contribution in [0.3, 0.4) is 0 Å². The van der Waals surface area contributed by atoms with E-state index in [1.165, 1.54) is 12.1 Å². The third kappa shape index (κ3) is 3.36. The van der Waals surface area contributed by atoms with E-state index >= 15 is 0 Å². The van der Waals surface area contributed by atoms with E-state index in [1.54, 1.807) is 0 Å². The lowest BCUT2D eigenvalue weighted by Gasteiger charge is -2.42. The smallest absolute Gasteiger partial charge is 0.131 e. The van der Waals surface area contributed by atoms with Gasteiger partial charge in [0.15, 0.2) is 0 Å². The monoisotopic (exact) mass is 283 g/mol. The first-order valence-electron chi connectivity index (χ1n) is 7.17. The zero-order chi connectivity index (χ0) is 14.9. The lowest BCUT2D eigenvalue weighted by molar-refractivity contribution is 0.0263. The van der Waals surface area contributed by atoms with Gasteiger partial charge in [-0.15, -0.1) is 0 Å². The van der Waals surface area contributed by atoms with E-state index in [0.29, 0.717) is 0 Å². The Labute approximate surface area is 119 Å². The third-order valence-electron chi connectivity index (χ3n) is 4.22. The molecule has 1 atom stereocenters. The number of piperidine rings is 1. The number of hydrogen-bond acceptors (Lipinski definition) is 2. The maximum Gasteiger partial charge on any atom is 0.131 e. The van der Waals surface area contributed by atoms with E-state index in [4.69, 9.17) is 0 Å². The minimum absolute atomic E-state index is 0.0357. The highest BCUT2D eigenvalue weighted by Gasteiger charge is 2.31. The van der Waals surface area contributed by atoms with Crippen molar-refractivity contribution in [2.45, 2.75) is 45.3 Å². The van der Waals surface area contributed by atoms with E-state index < -0.39 is 17.7 Å². The normalized spacial score (nSPS) is 20.1. The minimum atomic E-state index is -0.849. The molecule has 0 amide bonds. The van der Waals surface area contributed by atoms with Gasteiger partial charge in [-0.25, -0.2) is 8.78 Å². The highest BCUT2D eigenvalue weighted by molar-refractivity contribution is 5.21. The summed E-state index contributed by atoms with van der Waals surface area (Å²) in [5.74, 6) is -1.23. The Morgan fingerprint density at radius 1 is 1.20 bits per heavy atom. The molecule has 1 aliphatic heterocycles. The molecule has 1 heterocycles. The summed E-state index contributed by atoms with van der Waals surface area (Å²) in [5.41, 5.74) is 0.331. The number of rotatable bonds is 2. The molecule has 0 saturated carbocycles. The SMILES string of the molecule is CC(C)(C)N1CCC(C(O)c2ccc(F)cc2F)CC1. The summed E-state index contributed by atoms with van der Waals surface area (Å²) in [4.78, 5) is 2.37. The fourth-order valence-electron chi connectivity index (χ4n) is 2.88. The van der Waals surface area contributed by atoms with Crippen LogP contribution in [0, 0.1) is 17.6 Å². The molecule has 4 heteroatoms. The van der Waals surface area contributed by atoms with E-state index in [-0.39, 0.29) is 17.0 Å². The molecule has 1 saturated heterocycles. The molecule has 0 spiro atoms. The van der Waals surface area contributed by atoms with Gasteiger partial charge in [0, 0.05) is 17.2 Å². The molecule has 1 unspecified atom stereocenters. The molecule has 1 fully saturated rings. The van der Waals surface area contributed by atoms with Crippen LogP contribution in [-0.4, -0.2) is 28.6 Å².